The standard InChI is InChI=1S/C24H26ClN3O3S/c1-27(2)16-4-7-28(8-5-16)24(30)21-10-14-9-15(25)11-19(22(14)31-21)18-3-6-26-20-12-17(13-29)32-23(18)20/h3,6,9,11-12,16,21,29H,4-5,7-8,10,13H2,1-2H3. The molecule has 6 nitrogen and oxygen atoms in total. The molecule has 1 atom stereocenters. The Balaban J connectivity index is 1.44. The summed E-state index contributed by atoms with van der Waals surface area (Å²) in [6, 6.07) is 8.16. The number of fused-ring (bicyclic) bond motifs is 2. The van der Waals surface area contributed by atoms with E-state index in [9.17, 15) is 9.90 Å². The Morgan fingerprint density at radius 3 is 2.78 bits per heavy atom. The number of likely N-dealkylation sites (tertiary alicyclic amines) is 1. The van der Waals surface area contributed by atoms with E-state index in [4.69, 9.17) is 16.3 Å². The van der Waals surface area contributed by atoms with E-state index < -0.39 is 6.10 Å². The van der Waals surface area contributed by atoms with E-state index in [2.05, 4.69) is 24.0 Å². The molecule has 32 heavy (non-hydrogen) atoms. The molecule has 2 aliphatic heterocycles. The maximum Gasteiger partial charge on any atom is 0.263 e. The molecule has 2 aliphatic rings. The topological polar surface area (TPSA) is 65.9 Å². The van der Waals surface area contributed by atoms with Gasteiger partial charge in [0.05, 0.1) is 16.8 Å². The number of hydrogen-bond acceptors (Lipinski definition) is 6. The van der Waals surface area contributed by atoms with Crippen molar-refractivity contribution >= 4 is 39.1 Å². The number of amides is 1. The molecule has 168 valence electrons. The van der Waals surface area contributed by atoms with Gasteiger partial charge in [-0.15, -0.1) is 11.3 Å². The molecule has 0 radical (unpaired) electrons. The highest BCUT2D eigenvalue weighted by molar-refractivity contribution is 7.19. The highest BCUT2D eigenvalue weighted by Gasteiger charge is 2.36. The molecule has 4 heterocycles. The van der Waals surface area contributed by atoms with Gasteiger partial charge in [-0.3, -0.25) is 9.78 Å². The molecule has 8 heteroatoms. The second-order valence-corrected chi connectivity index (χ2v) is 10.3. The fourth-order valence-corrected chi connectivity index (χ4v) is 5.99. The number of thiophene rings is 1. The summed E-state index contributed by atoms with van der Waals surface area (Å²) in [5, 5.41) is 10.2. The molecule has 1 aromatic carbocycles. The lowest BCUT2D eigenvalue weighted by atomic mass is 10.00. The van der Waals surface area contributed by atoms with Crippen molar-refractivity contribution in [3.63, 3.8) is 0 Å². The minimum atomic E-state index is -0.521. The summed E-state index contributed by atoms with van der Waals surface area (Å²) in [7, 11) is 4.19. The molecule has 0 saturated carbocycles. The highest BCUT2D eigenvalue weighted by Crippen LogP contribution is 2.44. The molecule has 2 aromatic heterocycles. The van der Waals surface area contributed by atoms with Gasteiger partial charge >= 0.3 is 0 Å². The van der Waals surface area contributed by atoms with Crippen molar-refractivity contribution in [1.29, 1.82) is 0 Å². The summed E-state index contributed by atoms with van der Waals surface area (Å²) in [5.41, 5.74) is 3.61. The van der Waals surface area contributed by atoms with Gasteiger partial charge in [0.2, 0.25) is 0 Å². The first-order valence-corrected chi connectivity index (χ1v) is 12.1. The van der Waals surface area contributed by atoms with E-state index in [1.165, 1.54) is 11.3 Å². The van der Waals surface area contributed by atoms with E-state index in [1.807, 2.05) is 29.2 Å². The average molecular weight is 472 g/mol. The normalized spacial score (nSPS) is 18.9. The van der Waals surface area contributed by atoms with Crippen LogP contribution in [0.15, 0.2) is 30.5 Å². The second kappa shape index (κ2) is 8.63. The molecule has 0 bridgehead atoms. The molecular weight excluding hydrogens is 446 g/mol. The quantitative estimate of drug-likeness (QED) is 0.623. The number of halogens is 1. The zero-order valence-corrected chi connectivity index (χ0v) is 19.7. The van der Waals surface area contributed by atoms with Crippen molar-refractivity contribution in [2.75, 3.05) is 27.2 Å². The third-order valence-corrected chi connectivity index (χ3v) is 7.85. The van der Waals surface area contributed by atoms with Crippen LogP contribution in [-0.4, -0.2) is 65.1 Å². The molecule has 1 unspecified atom stereocenters. The molecule has 1 fully saturated rings. The lowest BCUT2D eigenvalue weighted by molar-refractivity contribution is -0.139. The Morgan fingerprint density at radius 1 is 1.28 bits per heavy atom. The van der Waals surface area contributed by atoms with Crippen LogP contribution in [0.2, 0.25) is 5.02 Å². The number of aliphatic hydroxyl groups excluding tert-OH is 1. The summed E-state index contributed by atoms with van der Waals surface area (Å²) >= 11 is 7.99. The van der Waals surface area contributed by atoms with Crippen LogP contribution < -0.4 is 4.74 Å². The van der Waals surface area contributed by atoms with Gasteiger partial charge in [0, 0.05) is 58.3 Å². The zero-order valence-electron chi connectivity index (χ0n) is 18.2. The Hall–Kier alpha value is -2.19. The van der Waals surface area contributed by atoms with Crippen LogP contribution in [0.4, 0.5) is 0 Å². The summed E-state index contributed by atoms with van der Waals surface area (Å²) in [5.74, 6) is 0.779. The number of rotatable bonds is 4. The highest BCUT2D eigenvalue weighted by atomic mass is 35.5. The maximum absolute atomic E-state index is 13.3. The number of piperidine rings is 1. The minimum Gasteiger partial charge on any atom is -0.479 e. The number of nitrogens with zero attached hydrogens (tertiary/aromatic N) is 3. The van der Waals surface area contributed by atoms with Crippen molar-refractivity contribution in [2.24, 2.45) is 0 Å². The molecule has 0 spiro atoms. The third-order valence-electron chi connectivity index (χ3n) is 6.49. The summed E-state index contributed by atoms with van der Waals surface area (Å²) in [6.07, 6.45) is 3.72. The van der Waals surface area contributed by atoms with E-state index in [0.717, 1.165) is 63.5 Å². The molecule has 3 aromatic rings. The number of benzene rings is 1. The van der Waals surface area contributed by atoms with Crippen molar-refractivity contribution in [1.82, 2.24) is 14.8 Å². The van der Waals surface area contributed by atoms with E-state index in [-0.39, 0.29) is 12.5 Å². The fourth-order valence-electron chi connectivity index (χ4n) is 4.75. The van der Waals surface area contributed by atoms with Crippen LogP contribution >= 0.6 is 22.9 Å². The van der Waals surface area contributed by atoms with Crippen molar-refractivity contribution in [2.45, 2.75) is 38.0 Å². The molecule has 0 aliphatic carbocycles. The number of hydrogen-bond donors (Lipinski definition) is 1. The predicted molar refractivity (Wildman–Crippen MR) is 127 cm³/mol. The van der Waals surface area contributed by atoms with Gasteiger partial charge in [-0.1, -0.05) is 11.6 Å². The van der Waals surface area contributed by atoms with Crippen molar-refractivity contribution in [3.8, 4) is 16.9 Å². The smallest absolute Gasteiger partial charge is 0.263 e. The van der Waals surface area contributed by atoms with Gasteiger partial charge < -0.3 is 19.6 Å². The lowest BCUT2D eigenvalue weighted by Gasteiger charge is -2.36. The lowest BCUT2D eigenvalue weighted by Crippen LogP contribution is -2.48. The van der Waals surface area contributed by atoms with Crippen molar-refractivity contribution in [3.05, 3.63) is 45.9 Å². The largest absolute Gasteiger partial charge is 0.479 e. The number of pyridine rings is 1. The maximum atomic E-state index is 13.3. The Kier molecular flexibility index (Phi) is 5.84. The van der Waals surface area contributed by atoms with E-state index in [1.54, 1.807) is 6.20 Å². The first-order chi connectivity index (χ1) is 15.4. The number of aliphatic hydroxyl groups is 1. The van der Waals surface area contributed by atoms with E-state index in [0.29, 0.717) is 17.5 Å². The first kappa shape index (κ1) is 21.6. The average Bonchev–Trinajstić information content (AvgIpc) is 3.41. The summed E-state index contributed by atoms with van der Waals surface area (Å²) in [6.45, 7) is 1.50. The van der Waals surface area contributed by atoms with Crippen LogP contribution in [0.3, 0.4) is 0 Å². The van der Waals surface area contributed by atoms with Crippen LogP contribution in [0.1, 0.15) is 23.3 Å². The predicted octanol–water partition coefficient (Wildman–Crippen LogP) is 3.97. The first-order valence-electron chi connectivity index (χ1n) is 10.9. The molecule has 1 amide bonds. The van der Waals surface area contributed by atoms with Crippen LogP contribution in [-0.2, 0) is 17.8 Å². The fraction of sp³-hybridized carbons (Fsp3) is 0.417. The number of ether oxygens (including phenoxy) is 1. The number of carbonyl (C=O) groups is 1. The Labute approximate surface area is 196 Å². The molecule has 5 rings (SSSR count). The van der Waals surface area contributed by atoms with Gasteiger partial charge in [-0.25, -0.2) is 0 Å². The molecular formula is C24H26ClN3O3S. The van der Waals surface area contributed by atoms with Gasteiger partial charge in [0.15, 0.2) is 6.10 Å². The van der Waals surface area contributed by atoms with Gasteiger partial charge in [0.25, 0.3) is 5.91 Å². The summed E-state index contributed by atoms with van der Waals surface area (Å²) in [4.78, 5) is 22.7. The SMILES string of the molecule is CN(C)C1CCN(C(=O)C2Cc3cc(Cl)cc(-c4ccnc5cc(CO)sc45)c3O2)CC1. The number of carbonyl (C=O) groups excluding carboxylic acids is 1. The van der Waals surface area contributed by atoms with Gasteiger partial charge in [-0.2, -0.15) is 0 Å². The Bertz CT molecular complexity index is 1170. The van der Waals surface area contributed by atoms with Crippen molar-refractivity contribution < 1.29 is 14.6 Å². The number of aromatic nitrogens is 1. The van der Waals surface area contributed by atoms with E-state index >= 15 is 0 Å². The van der Waals surface area contributed by atoms with Gasteiger partial charge in [-0.05, 0) is 51.2 Å². The third kappa shape index (κ3) is 3.88. The molecule has 1 N–H and O–H groups in total. The Morgan fingerprint density at radius 2 is 2.06 bits per heavy atom. The van der Waals surface area contributed by atoms with Crippen LogP contribution in [0, 0.1) is 0 Å². The second-order valence-electron chi connectivity index (χ2n) is 8.72. The van der Waals surface area contributed by atoms with Gasteiger partial charge in [0.1, 0.15) is 5.75 Å². The van der Waals surface area contributed by atoms with Crippen LogP contribution in [0.25, 0.3) is 21.3 Å². The molecule has 1 saturated heterocycles. The minimum absolute atomic E-state index is 0.0221. The van der Waals surface area contributed by atoms with Crippen LogP contribution in [0.5, 0.6) is 5.75 Å². The summed E-state index contributed by atoms with van der Waals surface area (Å²) < 4.78 is 7.27. The monoisotopic (exact) mass is 471 g/mol. The zero-order chi connectivity index (χ0) is 22.4.